The summed E-state index contributed by atoms with van der Waals surface area (Å²) in [5.74, 6) is 0.387. The maximum Gasteiger partial charge on any atom is 0.417 e. The molecule has 0 radical (unpaired) electrons. The molecule has 10 heteroatoms. The highest BCUT2D eigenvalue weighted by atomic mass is 19.4. The van der Waals surface area contributed by atoms with E-state index < -0.39 is 11.7 Å². The monoisotopic (exact) mass is 365 g/mol. The summed E-state index contributed by atoms with van der Waals surface area (Å²) in [4.78, 5) is 15.7. The molecule has 7 nitrogen and oxygen atoms in total. The maximum atomic E-state index is 12.9. The number of furan rings is 1. The number of carbonyl (C=O) groups is 1. The van der Waals surface area contributed by atoms with Gasteiger partial charge in [-0.3, -0.25) is 9.20 Å². The third-order valence-corrected chi connectivity index (χ3v) is 4.29. The van der Waals surface area contributed by atoms with Crippen LogP contribution >= 0.6 is 0 Å². The lowest BCUT2D eigenvalue weighted by Crippen LogP contribution is -2.49. The smallest absolute Gasteiger partial charge is 0.417 e. The molecule has 0 spiro atoms. The molecule has 0 aliphatic carbocycles. The highest BCUT2D eigenvalue weighted by Crippen LogP contribution is 2.30. The molecule has 26 heavy (non-hydrogen) atoms. The molecule has 4 heterocycles. The molecule has 1 fully saturated rings. The Labute approximate surface area is 145 Å². The summed E-state index contributed by atoms with van der Waals surface area (Å²) in [5, 5.41) is 7.93. The molecule has 0 bridgehead atoms. The third kappa shape index (κ3) is 2.87. The van der Waals surface area contributed by atoms with Crippen molar-refractivity contribution in [3.8, 4) is 0 Å². The van der Waals surface area contributed by atoms with Crippen molar-refractivity contribution in [2.75, 3.05) is 31.1 Å². The quantitative estimate of drug-likeness (QED) is 0.697. The number of halogens is 3. The first kappa shape index (κ1) is 16.4. The average molecular weight is 365 g/mol. The molecule has 4 rings (SSSR count). The predicted octanol–water partition coefficient (Wildman–Crippen LogP) is 2.30. The van der Waals surface area contributed by atoms with E-state index in [1.54, 1.807) is 17.0 Å². The van der Waals surface area contributed by atoms with Gasteiger partial charge in [0.05, 0.1) is 11.8 Å². The van der Waals surface area contributed by atoms with Crippen LogP contribution in [0, 0.1) is 0 Å². The lowest BCUT2D eigenvalue weighted by Gasteiger charge is -2.34. The van der Waals surface area contributed by atoms with E-state index in [4.69, 9.17) is 4.42 Å². The fraction of sp³-hybridized carbons (Fsp3) is 0.312. The van der Waals surface area contributed by atoms with E-state index in [9.17, 15) is 18.0 Å². The Kier molecular flexibility index (Phi) is 3.82. The molecule has 136 valence electrons. The van der Waals surface area contributed by atoms with Crippen LogP contribution in [0.5, 0.6) is 0 Å². The minimum Gasteiger partial charge on any atom is -0.459 e. The summed E-state index contributed by atoms with van der Waals surface area (Å²) < 4.78 is 45.3. The maximum absolute atomic E-state index is 12.9. The molecule has 1 amide bonds. The van der Waals surface area contributed by atoms with E-state index in [-0.39, 0.29) is 11.7 Å². The number of hydrogen-bond acceptors (Lipinski definition) is 5. The minimum atomic E-state index is -4.44. The van der Waals surface area contributed by atoms with Crippen molar-refractivity contribution in [3.63, 3.8) is 0 Å². The van der Waals surface area contributed by atoms with E-state index in [0.29, 0.717) is 37.8 Å². The molecule has 3 aromatic rings. The molecule has 0 atom stereocenters. The molecule has 3 aromatic heterocycles. The van der Waals surface area contributed by atoms with Gasteiger partial charge in [-0.25, -0.2) is 0 Å². The first-order chi connectivity index (χ1) is 12.4. The number of aromatic nitrogens is 3. The van der Waals surface area contributed by atoms with Crippen molar-refractivity contribution < 1.29 is 22.4 Å². The third-order valence-electron chi connectivity index (χ3n) is 4.29. The predicted molar refractivity (Wildman–Crippen MR) is 84.8 cm³/mol. The van der Waals surface area contributed by atoms with E-state index in [1.165, 1.54) is 16.7 Å². The highest BCUT2D eigenvalue weighted by Gasteiger charge is 2.32. The van der Waals surface area contributed by atoms with Gasteiger partial charge in [-0.15, -0.1) is 10.2 Å². The Balaban J connectivity index is 1.53. The van der Waals surface area contributed by atoms with Crippen LogP contribution in [0.25, 0.3) is 5.65 Å². The van der Waals surface area contributed by atoms with Gasteiger partial charge < -0.3 is 14.2 Å². The van der Waals surface area contributed by atoms with Crippen molar-refractivity contribution in [2.45, 2.75) is 6.18 Å². The molecule has 1 saturated heterocycles. The summed E-state index contributed by atoms with van der Waals surface area (Å²) in [7, 11) is 0. The topological polar surface area (TPSA) is 66.9 Å². The van der Waals surface area contributed by atoms with Gasteiger partial charge in [0, 0.05) is 32.4 Å². The van der Waals surface area contributed by atoms with Crippen molar-refractivity contribution in [1.82, 2.24) is 19.5 Å². The number of piperazine rings is 1. The van der Waals surface area contributed by atoms with Gasteiger partial charge in [0.2, 0.25) is 5.95 Å². The molecule has 1 aliphatic rings. The van der Waals surface area contributed by atoms with E-state index in [0.717, 1.165) is 12.3 Å². The zero-order valence-electron chi connectivity index (χ0n) is 13.5. The number of amides is 1. The molecular formula is C16H14F3N5O2. The highest BCUT2D eigenvalue weighted by molar-refractivity contribution is 5.91. The summed E-state index contributed by atoms with van der Waals surface area (Å²) in [6.45, 7) is 1.69. The second kappa shape index (κ2) is 6.04. The molecule has 1 aliphatic heterocycles. The Morgan fingerprint density at radius 3 is 2.50 bits per heavy atom. The average Bonchev–Trinajstić information content (AvgIpc) is 3.30. The summed E-state index contributed by atoms with van der Waals surface area (Å²) in [5.41, 5.74) is -0.431. The number of alkyl halides is 3. The van der Waals surface area contributed by atoms with Gasteiger partial charge in [-0.1, -0.05) is 0 Å². The molecule has 0 N–H and O–H groups in total. The normalized spacial score (nSPS) is 15.7. The largest absolute Gasteiger partial charge is 0.459 e. The lowest BCUT2D eigenvalue weighted by atomic mass is 10.2. The second-order valence-corrected chi connectivity index (χ2v) is 5.90. The van der Waals surface area contributed by atoms with Gasteiger partial charge in [-0.2, -0.15) is 13.2 Å². The number of hydrogen-bond donors (Lipinski definition) is 0. The van der Waals surface area contributed by atoms with Gasteiger partial charge in [-0.05, 0) is 24.3 Å². The van der Waals surface area contributed by atoms with Gasteiger partial charge in [0.15, 0.2) is 11.4 Å². The van der Waals surface area contributed by atoms with Crippen molar-refractivity contribution >= 4 is 17.5 Å². The van der Waals surface area contributed by atoms with Crippen LogP contribution in [-0.4, -0.2) is 51.6 Å². The summed E-state index contributed by atoms with van der Waals surface area (Å²) in [6, 6.07) is 5.51. The van der Waals surface area contributed by atoms with E-state index in [2.05, 4.69) is 10.2 Å². The van der Waals surface area contributed by atoms with Crippen LogP contribution in [0.4, 0.5) is 19.1 Å². The van der Waals surface area contributed by atoms with Crippen molar-refractivity contribution in [3.05, 3.63) is 48.0 Å². The fourth-order valence-corrected chi connectivity index (χ4v) is 2.93. The van der Waals surface area contributed by atoms with Crippen molar-refractivity contribution in [2.24, 2.45) is 0 Å². The number of pyridine rings is 1. The zero-order chi connectivity index (χ0) is 18.3. The Morgan fingerprint density at radius 1 is 1.08 bits per heavy atom. The fourth-order valence-electron chi connectivity index (χ4n) is 2.93. The Bertz CT molecular complexity index is 927. The standard InChI is InChI=1S/C16H14F3N5O2/c17-16(18,19)11-3-4-13-20-21-15(24(13)10-11)23-7-5-22(6-8-23)14(25)12-2-1-9-26-12/h1-4,9-10H,5-8H2. The summed E-state index contributed by atoms with van der Waals surface area (Å²) in [6.07, 6.45) is -2.01. The Morgan fingerprint density at radius 2 is 1.85 bits per heavy atom. The second-order valence-electron chi connectivity index (χ2n) is 5.90. The van der Waals surface area contributed by atoms with Crippen LogP contribution in [-0.2, 0) is 6.18 Å². The first-order valence-corrected chi connectivity index (χ1v) is 7.93. The Hall–Kier alpha value is -3.04. The van der Waals surface area contributed by atoms with Crippen LogP contribution in [0.3, 0.4) is 0 Å². The molecule has 0 saturated carbocycles. The summed E-state index contributed by atoms with van der Waals surface area (Å²) >= 11 is 0. The van der Waals surface area contributed by atoms with Crippen LogP contribution in [0.15, 0.2) is 41.1 Å². The number of fused-ring (bicyclic) bond motifs is 1. The number of carbonyl (C=O) groups excluding carboxylic acids is 1. The molecule has 0 aromatic carbocycles. The SMILES string of the molecule is O=C(c1ccco1)N1CCN(c2nnc3ccc(C(F)(F)F)cn23)CC1. The lowest BCUT2D eigenvalue weighted by molar-refractivity contribution is -0.137. The number of anilines is 1. The van der Waals surface area contributed by atoms with Gasteiger partial charge >= 0.3 is 6.18 Å². The number of nitrogens with zero attached hydrogens (tertiary/aromatic N) is 5. The zero-order valence-corrected chi connectivity index (χ0v) is 13.5. The first-order valence-electron chi connectivity index (χ1n) is 7.93. The van der Waals surface area contributed by atoms with Gasteiger partial charge in [0.25, 0.3) is 5.91 Å². The minimum absolute atomic E-state index is 0.208. The van der Waals surface area contributed by atoms with E-state index >= 15 is 0 Å². The van der Waals surface area contributed by atoms with E-state index in [1.807, 2.05) is 4.90 Å². The van der Waals surface area contributed by atoms with Gasteiger partial charge in [0.1, 0.15) is 0 Å². The number of rotatable bonds is 2. The van der Waals surface area contributed by atoms with Crippen LogP contribution in [0.1, 0.15) is 16.1 Å². The van der Waals surface area contributed by atoms with Crippen LogP contribution < -0.4 is 4.90 Å². The van der Waals surface area contributed by atoms with Crippen molar-refractivity contribution in [1.29, 1.82) is 0 Å². The van der Waals surface area contributed by atoms with Crippen LogP contribution in [0.2, 0.25) is 0 Å². The molecular weight excluding hydrogens is 351 g/mol. The molecule has 0 unspecified atom stereocenters.